The quantitative estimate of drug-likeness (QED) is 0.482. The molecular formula is C22H17ClN2O3. The van der Waals surface area contributed by atoms with Crippen LogP contribution in [0.4, 0.5) is 5.69 Å². The SMILES string of the molecule is COc1ccc(Cl)cc1C(=O)Nc1cccc(-c2nc3cc(C)ccc3o2)c1. The van der Waals surface area contributed by atoms with Crippen LogP contribution in [-0.4, -0.2) is 18.0 Å². The van der Waals surface area contributed by atoms with Crippen LogP contribution in [0.15, 0.2) is 65.1 Å². The summed E-state index contributed by atoms with van der Waals surface area (Å²) in [5, 5.41) is 3.33. The van der Waals surface area contributed by atoms with Gasteiger partial charge in [0.25, 0.3) is 5.91 Å². The average Bonchev–Trinajstić information content (AvgIpc) is 3.11. The molecule has 0 radical (unpaired) electrons. The Kier molecular flexibility index (Phi) is 4.75. The summed E-state index contributed by atoms with van der Waals surface area (Å²) in [6, 6.07) is 18.1. The zero-order chi connectivity index (χ0) is 19.7. The van der Waals surface area contributed by atoms with Crippen molar-refractivity contribution < 1.29 is 13.9 Å². The van der Waals surface area contributed by atoms with Crippen molar-refractivity contribution in [3.05, 3.63) is 76.8 Å². The molecule has 0 aliphatic heterocycles. The molecule has 3 aromatic carbocycles. The van der Waals surface area contributed by atoms with Crippen molar-refractivity contribution in [3.8, 4) is 17.2 Å². The van der Waals surface area contributed by atoms with E-state index in [1.165, 1.54) is 7.11 Å². The standard InChI is InChI=1S/C22H17ClN2O3/c1-13-6-8-20-18(10-13)25-22(28-20)14-4-3-5-16(11-14)24-21(26)17-12-15(23)7-9-19(17)27-2/h3-12H,1-2H3,(H,24,26). The Hall–Kier alpha value is -3.31. The highest BCUT2D eigenvalue weighted by Gasteiger charge is 2.14. The summed E-state index contributed by atoms with van der Waals surface area (Å²) in [5.74, 6) is 0.633. The molecule has 0 bridgehead atoms. The van der Waals surface area contributed by atoms with E-state index in [0.717, 1.165) is 22.2 Å². The molecule has 0 unspecified atom stereocenters. The number of oxazole rings is 1. The number of ether oxygens (including phenoxy) is 1. The number of methoxy groups -OCH3 is 1. The molecule has 0 aliphatic carbocycles. The van der Waals surface area contributed by atoms with Gasteiger partial charge in [-0.3, -0.25) is 4.79 Å². The van der Waals surface area contributed by atoms with Crippen molar-refractivity contribution in [2.45, 2.75) is 6.92 Å². The monoisotopic (exact) mass is 392 g/mol. The van der Waals surface area contributed by atoms with E-state index in [1.807, 2.05) is 43.3 Å². The van der Waals surface area contributed by atoms with Gasteiger partial charge in [0.15, 0.2) is 5.58 Å². The van der Waals surface area contributed by atoms with Crippen LogP contribution in [0.25, 0.3) is 22.6 Å². The highest BCUT2D eigenvalue weighted by molar-refractivity contribution is 6.31. The number of hydrogen-bond donors (Lipinski definition) is 1. The summed E-state index contributed by atoms with van der Waals surface area (Å²) in [4.78, 5) is 17.2. The van der Waals surface area contributed by atoms with E-state index in [2.05, 4.69) is 10.3 Å². The Labute approximate surface area is 166 Å². The maximum atomic E-state index is 12.7. The summed E-state index contributed by atoms with van der Waals surface area (Å²) < 4.78 is 11.1. The lowest BCUT2D eigenvalue weighted by Gasteiger charge is -2.10. The average molecular weight is 393 g/mol. The van der Waals surface area contributed by atoms with Crippen molar-refractivity contribution >= 4 is 34.3 Å². The number of aromatic nitrogens is 1. The van der Waals surface area contributed by atoms with E-state index in [-0.39, 0.29) is 5.91 Å². The molecule has 4 aromatic rings. The maximum absolute atomic E-state index is 12.7. The zero-order valence-corrected chi connectivity index (χ0v) is 16.1. The van der Waals surface area contributed by atoms with E-state index in [0.29, 0.717) is 27.9 Å². The van der Waals surface area contributed by atoms with Gasteiger partial charge in [0.1, 0.15) is 11.3 Å². The number of nitrogens with zero attached hydrogens (tertiary/aromatic N) is 1. The number of rotatable bonds is 4. The smallest absolute Gasteiger partial charge is 0.259 e. The van der Waals surface area contributed by atoms with Gasteiger partial charge in [-0.25, -0.2) is 4.98 Å². The molecule has 0 saturated heterocycles. The Morgan fingerprint density at radius 3 is 2.79 bits per heavy atom. The molecule has 6 heteroatoms. The molecule has 4 rings (SSSR count). The summed E-state index contributed by atoms with van der Waals surface area (Å²) in [7, 11) is 1.51. The first-order valence-electron chi connectivity index (χ1n) is 8.66. The van der Waals surface area contributed by atoms with Crippen LogP contribution in [0, 0.1) is 6.92 Å². The van der Waals surface area contributed by atoms with Gasteiger partial charge >= 0.3 is 0 Å². The third-order valence-electron chi connectivity index (χ3n) is 4.32. The van der Waals surface area contributed by atoms with Crippen LogP contribution < -0.4 is 10.1 Å². The van der Waals surface area contributed by atoms with Crippen LogP contribution in [0.2, 0.25) is 5.02 Å². The Morgan fingerprint density at radius 1 is 1.11 bits per heavy atom. The molecule has 1 amide bonds. The summed E-state index contributed by atoms with van der Waals surface area (Å²) >= 11 is 6.02. The summed E-state index contributed by atoms with van der Waals surface area (Å²) in [5.41, 5.74) is 4.38. The minimum atomic E-state index is -0.315. The minimum Gasteiger partial charge on any atom is -0.496 e. The number of fused-ring (bicyclic) bond motifs is 1. The van der Waals surface area contributed by atoms with E-state index in [9.17, 15) is 4.79 Å². The molecule has 1 N–H and O–H groups in total. The van der Waals surface area contributed by atoms with Crippen LogP contribution in [0.3, 0.4) is 0 Å². The number of hydrogen-bond acceptors (Lipinski definition) is 4. The second-order valence-electron chi connectivity index (χ2n) is 6.37. The molecule has 0 saturated carbocycles. The van der Waals surface area contributed by atoms with Gasteiger partial charge in [-0.05, 0) is 61.0 Å². The number of aryl methyl sites for hydroxylation is 1. The number of carbonyl (C=O) groups is 1. The van der Waals surface area contributed by atoms with Crippen molar-refractivity contribution in [1.29, 1.82) is 0 Å². The molecule has 0 atom stereocenters. The van der Waals surface area contributed by atoms with Crippen molar-refractivity contribution in [1.82, 2.24) is 4.98 Å². The first kappa shape index (κ1) is 18.1. The molecule has 0 fully saturated rings. The second-order valence-corrected chi connectivity index (χ2v) is 6.81. The number of halogens is 1. The predicted molar refractivity (Wildman–Crippen MR) is 110 cm³/mol. The molecule has 1 aromatic heterocycles. The minimum absolute atomic E-state index is 0.315. The predicted octanol–water partition coefficient (Wildman–Crippen LogP) is 5.72. The van der Waals surface area contributed by atoms with Crippen molar-refractivity contribution in [3.63, 3.8) is 0 Å². The van der Waals surface area contributed by atoms with Gasteiger partial charge in [-0.15, -0.1) is 0 Å². The van der Waals surface area contributed by atoms with E-state index in [1.54, 1.807) is 24.3 Å². The lowest BCUT2D eigenvalue weighted by atomic mass is 10.1. The zero-order valence-electron chi connectivity index (χ0n) is 15.3. The fourth-order valence-electron chi connectivity index (χ4n) is 2.95. The Bertz CT molecular complexity index is 1180. The molecule has 0 spiro atoms. The van der Waals surface area contributed by atoms with Gasteiger partial charge in [0.2, 0.25) is 5.89 Å². The van der Waals surface area contributed by atoms with Gasteiger partial charge in [0.05, 0.1) is 12.7 Å². The fraction of sp³-hybridized carbons (Fsp3) is 0.0909. The van der Waals surface area contributed by atoms with Crippen molar-refractivity contribution in [2.24, 2.45) is 0 Å². The third-order valence-corrected chi connectivity index (χ3v) is 4.55. The number of anilines is 1. The highest BCUT2D eigenvalue weighted by atomic mass is 35.5. The highest BCUT2D eigenvalue weighted by Crippen LogP contribution is 2.28. The first-order valence-corrected chi connectivity index (χ1v) is 9.04. The van der Waals surface area contributed by atoms with E-state index < -0.39 is 0 Å². The fourth-order valence-corrected chi connectivity index (χ4v) is 3.12. The normalized spacial score (nSPS) is 10.8. The molecule has 1 heterocycles. The van der Waals surface area contributed by atoms with E-state index in [4.69, 9.17) is 20.8 Å². The Morgan fingerprint density at radius 2 is 1.96 bits per heavy atom. The molecule has 5 nitrogen and oxygen atoms in total. The molecule has 0 aliphatic rings. The van der Waals surface area contributed by atoms with Gasteiger partial charge < -0.3 is 14.5 Å². The molecule has 28 heavy (non-hydrogen) atoms. The van der Waals surface area contributed by atoms with Crippen molar-refractivity contribution in [2.75, 3.05) is 12.4 Å². The van der Waals surface area contributed by atoms with E-state index >= 15 is 0 Å². The van der Waals surface area contributed by atoms with Crippen LogP contribution in [-0.2, 0) is 0 Å². The van der Waals surface area contributed by atoms with Crippen LogP contribution >= 0.6 is 11.6 Å². The lowest BCUT2D eigenvalue weighted by Crippen LogP contribution is -2.13. The second kappa shape index (κ2) is 7.37. The number of benzene rings is 3. The third kappa shape index (κ3) is 3.57. The summed E-state index contributed by atoms with van der Waals surface area (Å²) in [6.07, 6.45) is 0. The van der Waals surface area contributed by atoms with Gasteiger partial charge in [0, 0.05) is 16.3 Å². The number of carbonyl (C=O) groups excluding carboxylic acids is 1. The number of amides is 1. The van der Waals surface area contributed by atoms with Gasteiger partial charge in [-0.2, -0.15) is 0 Å². The number of nitrogens with one attached hydrogen (secondary N) is 1. The topological polar surface area (TPSA) is 64.4 Å². The largest absolute Gasteiger partial charge is 0.496 e. The van der Waals surface area contributed by atoms with Gasteiger partial charge in [-0.1, -0.05) is 23.7 Å². The maximum Gasteiger partial charge on any atom is 0.259 e. The first-order chi connectivity index (χ1) is 13.5. The summed E-state index contributed by atoms with van der Waals surface area (Å²) in [6.45, 7) is 2.01. The van der Waals surface area contributed by atoms with Crippen LogP contribution in [0.1, 0.15) is 15.9 Å². The molecule has 140 valence electrons. The lowest BCUT2D eigenvalue weighted by molar-refractivity contribution is 0.102. The molecular weight excluding hydrogens is 376 g/mol. The Balaban J connectivity index is 1.63. The van der Waals surface area contributed by atoms with Crippen LogP contribution in [0.5, 0.6) is 5.75 Å².